The lowest BCUT2D eigenvalue weighted by Gasteiger charge is -2.04. The molecule has 0 amide bonds. The molecule has 0 radical (unpaired) electrons. The Balaban J connectivity index is 2.06. The maximum atomic E-state index is 5.41. The van der Waals surface area contributed by atoms with Crippen molar-refractivity contribution in [1.82, 2.24) is 14.9 Å². The molecule has 0 saturated carbocycles. The minimum atomic E-state index is 0.655. The molecule has 0 aromatic carbocycles. The molecule has 110 valence electrons. The van der Waals surface area contributed by atoms with E-state index in [9.17, 15) is 0 Å². The first kappa shape index (κ1) is 16.1. The maximum Gasteiger partial charge on any atom is 0.0949 e. The average molecular weight is 271 g/mol. The van der Waals surface area contributed by atoms with E-state index < -0.39 is 0 Å². The maximum absolute atomic E-state index is 5.41. The molecule has 0 aliphatic rings. The molecule has 1 aromatic heterocycles. The van der Waals surface area contributed by atoms with Crippen LogP contribution in [0.1, 0.15) is 12.1 Å². The van der Waals surface area contributed by atoms with Crippen molar-refractivity contribution in [1.29, 1.82) is 0 Å². The van der Waals surface area contributed by atoms with Gasteiger partial charge in [-0.1, -0.05) is 0 Å². The van der Waals surface area contributed by atoms with Crippen LogP contribution >= 0.6 is 0 Å². The van der Waals surface area contributed by atoms with Gasteiger partial charge in [-0.05, 0) is 6.42 Å². The monoisotopic (exact) mass is 271 g/mol. The first-order valence-electron chi connectivity index (χ1n) is 6.63. The van der Waals surface area contributed by atoms with Crippen molar-refractivity contribution in [2.75, 3.05) is 47.2 Å². The third kappa shape index (κ3) is 7.94. The Bertz CT molecular complexity index is 318. The zero-order valence-electron chi connectivity index (χ0n) is 11.9. The SMILES string of the molecule is COCCNCc1cn(CCCOCCOC)cn1. The number of nitrogens with zero attached hydrogens (tertiary/aromatic N) is 2. The molecule has 6 heteroatoms. The van der Waals surface area contributed by atoms with Gasteiger partial charge in [0, 0.05) is 46.7 Å². The first-order valence-corrected chi connectivity index (χ1v) is 6.63. The van der Waals surface area contributed by atoms with Gasteiger partial charge in [-0.15, -0.1) is 0 Å². The molecule has 0 aliphatic carbocycles. The van der Waals surface area contributed by atoms with Gasteiger partial charge in [-0.25, -0.2) is 4.98 Å². The molecular formula is C13H25N3O3. The highest BCUT2D eigenvalue weighted by molar-refractivity contribution is 4.95. The molecule has 1 rings (SSSR count). The van der Waals surface area contributed by atoms with Crippen LogP contribution in [-0.4, -0.2) is 56.7 Å². The largest absolute Gasteiger partial charge is 0.383 e. The summed E-state index contributed by atoms with van der Waals surface area (Å²) in [5, 5.41) is 3.27. The van der Waals surface area contributed by atoms with Gasteiger partial charge in [0.15, 0.2) is 0 Å². The third-order valence-corrected chi connectivity index (χ3v) is 2.61. The summed E-state index contributed by atoms with van der Waals surface area (Å²) >= 11 is 0. The lowest BCUT2D eigenvalue weighted by atomic mass is 10.4. The number of hydrogen-bond donors (Lipinski definition) is 1. The molecule has 6 nitrogen and oxygen atoms in total. The van der Waals surface area contributed by atoms with E-state index in [-0.39, 0.29) is 0 Å². The number of nitrogens with one attached hydrogen (secondary N) is 1. The van der Waals surface area contributed by atoms with Gasteiger partial charge in [0.1, 0.15) is 0 Å². The van der Waals surface area contributed by atoms with E-state index in [1.807, 2.05) is 6.33 Å². The average Bonchev–Trinajstić information content (AvgIpc) is 2.87. The third-order valence-electron chi connectivity index (χ3n) is 2.61. The Hall–Kier alpha value is -0.950. The van der Waals surface area contributed by atoms with Gasteiger partial charge in [0.05, 0.1) is 31.8 Å². The summed E-state index contributed by atoms with van der Waals surface area (Å²) in [5.41, 5.74) is 1.05. The normalized spacial score (nSPS) is 11.1. The number of aromatic nitrogens is 2. The van der Waals surface area contributed by atoms with E-state index >= 15 is 0 Å². The highest BCUT2D eigenvalue weighted by Gasteiger charge is 1.98. The van der Waals surface area contributed by atoms with Crippen LogP contribution in [0, 0.1) is 0 Å². The van der Waals surface area contributed by atoms with Crippen LogP contribution in [0.2, 0.25) is 0 Å². The lowest BCUT2D eigenvalue weighted by Crippen LogP contribution is -2.18. The van der Waals surface area contributed by atoms with E-state index in [1.54, 1.807) is 14.2 Å². The van der Waals surface area contributed by atoms with E-state index in [0.29, 0.717) is 13.2 Å². The Morgan fingerprint density at radius 2 is 2.00 bits per heavy atom. The molecular weight excluding hydrogens is 246 g/mol. The Labute approximate surface area is 115 Å². The van der Waals surface area contributed by atoms with Crippen molar-refractivity contribution in [3.8, 4) is 0 Å². The van der Waals surface area contributed by atoms with Gasteiger partial charge in [0.2, 0.25) is 0 Å². The summed E-state index contributed by atoms with van der Waals surface area (Å²) in [5.74, 6) is 0. The summed E-state index contributed by atoms with van der Waals surface area (Å²) in [6, 6.07) is 0. The molecule has 0 fully saturated rings. The molecule has 0 saturated heterocycles. The van der Waals surface area contributed by atoms with Crippen molar-refractivity contribution < 1.29 is 14.2 Å². The topological polar surface area (TPSA) is 57.5 Å². The van der Waals surface area contributed by atoms with Crippen LogP contribution in [0.25, 0.3) is 0 Å². The molecule has 0 bridgehead atoms. The van der Waals surface area contributed by atoms with Gasteiger partial charge in [0.25, 0.3) is 0 Å². The quantitative estimate of drug-likeness (QED) is 0.566. The van der Waals surface area contributed by atoms with E-state index in [4.69, 9.17) is 14.2 Å². The number of hydrogen-bond acceptors (Lipinski definition) is 5. The molecule has 0 aliphatic heterocycles. The fourth-order valence-corrected chi connectivity index (χ4v) is 1.60. The van der Waals surface area contributed by atoms with Crippen molar-refractivity contribution in [2.45, 2.75) is 19.5 Å². The molecule has 1 aromatic rings. The Kier molecular flexibility index (Phi) is 9.26. The highest BCUT2D eigenvalue weighted by Crippen LogP contribution is 1.98. The van der Waals surface area contributed by atoms with Crippen LogP contribution in [0.3, 0.4) is 0 Å². The minimum absolute atomic E-state index is 0.655. The Morgan fingerprint density at radius 1 is 1.16 bits per heavy atom. The summed E-state index contributed by atoms with van der Waals surface area (Å²) in [7, 11) is 3.38. The molecule has 1 N–H and O–H groups in total. The van der Waals surface area contributed by atoms with Crippen molar-refractivity contribution in [2.24, 2.45) is 0 Å². The molecule has 1 heterocycles. The summed E-state index contributed by atoms with van der Waals surface area (Å²) in [4.78, 5) is 4.34. The predicted molar refractivity (Wildman–Crippen MR) is 73.1 cm³/mol. The number of ether oxygens (including phenoxy) is 3. The van der Waals surface area contributed by atoms with Crippen LogP contribution < -0.4 is 5.32 Å². The van der Waals surface area contributed by atoms with E-state index in [0.717, 1.165) is 45.0 Å². The van der Waals surface area contributed by atoms with Crippen LogP contribution in [0.15, 0.2) is 12.5 Å². The van der Waals surface area contributed by atoms with E-state index in [1.165, 1.54) is 0 Å². The van der Waals surface area contributed by atoms with Gasteiger partial charge >= 0.3 is 0 Å². The zero-order chi connectivity index (χ0) is 13.8. The van der Waals surface area contributed by atoms with Gasteiger partial charge in [-0.2, -0.15) is 0 Å². The summed E-state index contributed by atoms with van der Waals surface area (Å²) in [6.07, 6.45) is 4.91. The van der Waals surface area contributed by atoms with Crippen LogP contribution in [-0.2, 0) is 27.3 Å². The second-order valence-corrected chi connectivity index (χ2v) is 4.23. The smallest absolute Gasteiger partial charge is 0.0949 e. The molecule has 0 spiro atoms. The fraction of sp³-hybridized carbons (Fsp3) is 0.769. The number of imidazole rings is 1. The highest BCUT2D eigenvalue weighted by atomic mass is 16.5. The summed E-state index contributed by atoms with van der Waals surface area (Å²) in [6.45, 7) is 5.34. The molecule has 19 heavy (non-hydrogen) atoms. The minimum Gasteiger partial charge on any atom is -0.383 e. The van der Waals surface area contributed by atoms with Crippen molar-refractivity contribution in [3.05, 3.63) is 18.2 Å². The first-order chi connectivity index (χ1) is 9.36. The second-order valence-electron chi connectivity index (χ2n) is 4.23. The standard InChI is InChI=1S/C13H25N3O3/c1-17-7-4-14-10-13-11-16(12-15-13)5-3-6-19-9-8-18-2/h11-12,14H,3-10H2,1-2H3. The van der Waals surface area contributed by atoms with Crippen LogP contribution in [0.5, 0.6) is 0 Å². The van der Waals surface area contributed by atoms with Crippen molar-refractivity contribution >= 4 is 0 Å². The summed E-state index contributed by atoms with van der Waals surface area (Å²) < 4.78 is 17.4. The van der Waals surface area contributed by atoms with Gasteiger partial charge < -0.3 is 24.1 Å². The molecule has 0 unspecified atom stereocenters. The number of methoxy groups -OCH3 is 2. The Morgan fingerprint density at radius 3 is 2.79 bits per heavy atom. The zero-order valence-corrected chi connectivity index (χ0v) is 11.9. The fourth-order valence-electron chi connectivity index (χ4n) is 1.60. The molecule has 0 atom stereocenters. The second kappa shape index (κ2) is 10.9. The lowest BCUT2D eigenvalue weighted by molar-refractivity contribution is 0.0680. The number of aryl methyl sites for hydroxylation is 1. The number of rotatable bonds is 12. The van der Waals surface area contributed by atoms with Crippen LogP contribution in [0.4, 0.5) is 0 Å². The van der Waals surface area contributed by atoms with E-state index in [2.05, 4.69) is 21.1 Å². The predicted octanol–water partition coefficient (Wildman–Crippen LogP) is 0.672. The van der Waals surface area contributed by atoms with Gasteiger partial charge in [-0.3, -0.25) is 0 Å². The van der Waals surface area contributed by atoms with Crippen molar-refractivity contribution in [3.63, 3.8) is 0 Å².